The Morgan fingerprint density at radius 2 is 2.31 bits per heavy atom. The Kier molecular flexibility index (Phi) is 3.06. The van der Waals surface area contributed by atoms with Gasteiger partial charge in [0, 0.05) is 5.54 Å². The van der Waals surface area contributed by atoms with Crippen molar-refractivity contribution in [3.63, 3.8) is 0 Å². The molecule has 0 saturated carbocycles. The average Bonchev–Trinajstić information content (AvgIpc) is 2.66. The van der Waals surface area contributed by atoms with E-state index in [2.05, 4.69) is 22.5 Å². The maximum atomic E-state index is 10.5. The molecule has 6 nitrogen and oxygen atoms in total. The van der Waals surface area contributed by atoms with Gasteiger partial charge in [0.15, 0.2) is 5.13 Å². The van der Waals surface area contributed by atoms with Crippen LogP contribution in [-0.4, -0.2) is 28.5 Å². The normalized spacial score (nSPS) is 19.3. The number of aromatic nitrogens is 1. The highest BCUT2D eigenvalue weighted by Crippen LogP contribution is 2.30. The summed E-state index contributed by atoms with van der Waals surface area (Å²) in [5, 5.41) is 17.8. The Labute approximate surface area is 97.2 Å². The molecule has 88 valence electrons. The first-order chi connectivity index (χ1) is 7.59. The molecule has 0 unspecified atom stereocenters. The third kappa shape index (κ3) is 2.48. The summed E-state index contributed by atoms with van der Waals surface area (Å²) in [6, 6.07) is 0. The summed E-state index contributed by atoms with van der Waals surface area (Å²) in [4.78, 5) is 14.1. The van der Waals surface area contributed by atoms with Crippen LogP contribution in [-0.2, 0) is 0 Å². The van der Waals surface area contributed by atoms with Crippen LogP contribution >= 0.6 is 11.3 Å². The molecule has 7 heteroatoms. The van der Waals surface area contributed by atoms with Gasteiger partial charge in [0.2, 0.25) is 0 Å². The molecule has 1 saturated heterocycles. The summed E-state index contributed by atoms with van der Waals surface area (Å²) >= 11 is 1.09. The predicted molar refractivity (Wildman–Crippen MR) is 62.9 cm³/mol. The standard InChI is InChI=1S/C9H14N4O2S/c1-9(2-4-10-5-3-9)12-8-11-6-7(16-8)13(14)15/h6,10H,2-5H2,1H3,(H,11,12). The first-order valence-electron chi connectivity index (χ1n) is 5.18. The largest absolute Gasteiger partial charge is 0.356 e. The summed E-state index contributed by atoms with van der Waals surface area (Å²) < 4.78 is 0. The van der Waals surface area contributed by atoms with Crippen LogP contribution in [0.4, 0.5) is 10.1 Å². The minimum atomic E-state index is -0.409. The second-order valence-corrected chi connectivity index (χ2v) is 5.21. The number of hydrogen-bond acceptors (Lipinski definition) is 6. The molecule has 0 atom stereocenters. The van der Waals surface area contributed by atoms with E-state index in [9.17, 15) is 10.1 Å². The Morgan fingerprint density at radius 1 is 1.62 bits per heavy atom. The molecule has 16 heavy (non-hydrogen) atoms. The molecular formula is C9H14N4O2S. The second-order valence-electron chi connectivity index (χ2n) is 4.20. The van der Waals surface area contributed by atoms with Crippen LogP contribution in [0, 0.1) is 10.1 Å². The Morgan fingerprint density at radius 3 is 2.88 bits per heavy atom. The van der Waals surface area contributed by atoms with E-state index in [-0.39, 0.29) is 10.5 Å². The van der Waals surface area contributed by atoms with Crippen LogP contribution < -0.4 is 10.6 Å². The van der Waals surface area contributed by atoms with E-state index in [0.29, 0.717) is 5.13 Å². The zero-order valence-corrected chi connectivity index (χ0v) is 9.84. The summed E-state index contributed by atoms with van der Waals surface area (Å²) in [7, 11) is 0. The minimum Gasteiger partial charge on any atom is -0.356 e. The minimum absolute atomic E-state index is 0.00300. The quantitative estimate of drug-likeness (QED) is 0.621. The lowest BCUT2D eigenvalue weighted by Crippen LogP contribution is -2.45. The van der Waals surface area contributed by atoms with Crippen molar-refractivity contribution >= 4 is 21.5 Å². The molecule has 2 heterocycles. The summed E-state index contributed by atoms with van der Waals surface area (Å²) in [5.41, 5.74) is -0.00300. The molecule has 2 N–H and O–H groups in total. The fourth-order valence-electron chi connectivity index (χ4n) is 1.77. The molecule has 0 amide bonds. The highest BCUT2D eigenvalue weighted by molar-refractivity contribution is 7.18. The molecule has 0 radical (unpaired) electrons. The summed E-state index contributed by atoms with van der Waals surface area (Å²) in [6.45, 7) is 4.06. The van der Waals surface area contributed by atoms with Crippen LogP contribution in [0.3, 0.4) is 0 Å². The molecule has 2 rings (SSSR count). The molecule has 0 aliphatic carbocycles. The van der Waals surface area contributed by atoms with Gasteiger partial charge >= 0.3 is 5.00 Å². The third-order valence-corrected chi connectivity index (χ3v) is 3.65. The van der Waals surface area contributed by atoms with Gasteiger partial charge in [-0.05, 0) is 44.2 Å². The first-order valence-corrected chi connectivity index (χ1v) is 6.00. The lowest BCUT2D eigenvalue weighted by Gasteiger charge is -2.34. The zero-order valence-electron chi connectivity index (χ0n) is 9.02. The van der Waals surface area contributed by atoms with Gasteiger partial charge in [0.1, 0.15) is 6.20 Å². The number of nitrogens with one attached hydrogen (secondary N) is 2. The van der Waals surface area contributed by atoms with E-state index in [1.54, 1.807) is 0 Å². The van der Waals surface area contributed by atoms with Crippen molar-refractivity contribution < 1.29 is 4.92 Å². The molecule has 1 aliphatic rings. The number of anilines is 1. The van der Waals surface area contributed by atoms with E-state index in [0.717, 1.165) is 37.3 Å². The van der Waals surface area contributed by atoms with Gasteiger partial charge in [0.05, 0.1) is 4.92 Å². The monoisotopic (exact) mass is 242 g/mol. The SMILES string of the molecule is CC1(Nc2ncc([N+](=O)[O-])s2)CCNCC1. The highest BCUT2D eigenvalue weighted by Gasteiger charge is 2.27. The van der Waals surface area contributed by atoms with Gasteiger partial charge in [-0.25, -0.2) is 4.98 Å². The second kappa shape index (κ2) is 4.34. The van der Waals surface area contributed by atoms with Gasteiger partial charge in [-0.3, -0.25) is 10.1 Å². The first kappa shape index (κ1) is 11.3. The van der Waals surface area contributed by atoms with Crippen LogP contribution in [0.15, 0.2) is 6.20 Å². The van der Waals surface area contributed by atoms with Crippen molar-refractivity contribution in [1.82, 2.24) is 10.3 Å². The molecule has 1 aromatic heterocycles. The molecule has 0 bridgehead atoms. The van der Waals surface area contributed by atoms with Crippen LogP contribution in [0.2, 0.25) is 0 Å². The van der Waals surface area contributed by atoms with E-state index >= 15 is 0 Å². The van der Waals surface area contributed by atoms with E-state index in [1.165, 1.54) is 6.20 Å². The highest BCUT2D eigenvalue weighted by atomic mass is 32.1. The molecule has 1 fully saturated rings. The smallest absolute Gasteiger partial charge is 0.345 e. The van der Waals surface area contributed by atoms with Crippen molar-refractivity contribution in [2.75, 3.05) is 18.4 Å². The van der Waals surface area contributed by atoms with Crippen LogP contribution in [0.1, 0.15) is 19.8 Å². The number of thiazole rings is 1. The van der Waals surface area contributed by atoms with Crippen LogP contribution in [0.25, 0.3) is 0 Å². The molecule has 0 spiro atoms. The van der Waals surface area contributed by atoms with Gasteiger partial charge < -0.3 is 10.6 Å². The fourth-order valence-corrected chi connectivity index (χ4v) is 2.55. The van der Waals surface area contributed by atoms with Gasteiger partial charge in [0.25, 0.3) is 0 Å². The van der Waals surface area contributed by atoms with Gasteiger partial charge in [-0.15, -0.1) is 0 Å². The van der Waals surface area contributed by atoms with Crippen molar-refractivity contribution in [1.29, 1.82) is 0 Å². The number of nitrogens with zero attached hydrogens (tertiary/aromatic N) is 2. The van der Waals surface area contributed by atoms with E-state index in [1.807, 2.05) is 0 Å². The van der Waals surface area contributed by atoms with Crippen molar-refractivity contribution in [3.8, 4) is 0 Å². The molecular weight excluding hydrogens is 228 g/mol. The van der Waals surface area contributed by atoms with Crippen molar-refractivity contribution in [2.24, 2.45) is 0 Å². The number of rotatable bonds is 3. The number of piperidine rings is 1. The molecule has 1 aliphatic heterocycles. The van der Waals surface area contributed by atoms with E-state index < -0.39 is 4.92 Å². The Bertz CT molecular complexity index is 387. The van der Waals surface area contributed by atoms with Crippen molar-refractivity contribution in [3.05, 3.63) is 16.3 Å². The zero-order chi connectivity index (χ0) is 11.6. The van der Waals surface area contributed by atoms with Gasteiger partial charge in [-0.1, -0.05) is 0 Å². The maximum Gasteiger partial charge on any atom is 0.345 e. The Balaban J connectivity index is 2.04. The number of hydrogen-bond donors (Lipinski definition) is 2. The maximum absolute atomic E-state index is 10.5. The fraction of sp³-hybridized carbons (Fsp3) is 0.667. The van der Waals surface area contributed by atoms with Crippen molar-refractivity contribution in [2.45, 2.75) is 25.3 Å². The molecule has 1 aromatic rings. The van der Waals surface area contributed by atoms with Crippen LogP contribution in [0.5, 0.6) is 0 Å². The van der Waals surface area contributed by atoms with E-state index in [4.69, 9.17) is 0 Å². The summed E-state index contributed by atoms with van der Waals surface area (Å²) in [5.74, 6) is 0. The number of nitro groups is 1. The van der Waals surface area contributed by atoms with Gasteiger partial charge in [-0.2, -0.15) is 0 Å². The third-order valence-electron chi connectivity index (χ3n) is 2.79. The lowest BCUT2D eigenvalue weighted by molar-refractivity contribution is -0.380. The topological polar surface area (TPSA) is 80.1 Å². The Hall–Kier alpha value is -1.21. The summed E-state index contributed by atoms with van der Waals surface area (Å²) in [6.07, 6.45) is 3.30. The predicted octanol–water partition coefficient (Wildman–Crippen LogP) is 1.61. The lowest BCUT2D eigenvalue weighted by atomic mass is 9.91. The average molecular weight is 242 g/mol. The molecule has 0 aromatic carbocycles.